The molecule has 1 atom stereocenters. The van der Waals surface area contributed by atoms with Gasteiger partial charge in [-0.05, 0) is 30.3 Å². The summed E-state index contributed by atoms with van der Waals surface area (Å²) >= 11 is 0. The molecule has 1 unspecified atom stereocenters. The molecule has 0 radical (unpaired) electrons. The summed E-state index contributed by atoms with van der Waals surface area (Å²) in [7, 11) is 3.03. The van der Waals surface area contributed by atoms with Crippen molar-refractivity contribution in [2.24, 2.45) is 0 Å². The van der Waals surface area contributed by atoms with Gasteiger partial charge in [-0.25, -0.2) is 9.97 Å². The van der Waals surface area contributed by atoms with Gasteiger partial charge >= 0.3 is 6.18 Å². The molecule has 1 saturated heterocycles. The Morgan fingerprint density at radius 3 is 2.58 bits per heavy atom. The number of nitrogens with zero attached hydrogens (tertiary/aromatic N) is 6. The molecule has 0 spiro atoms. The molecule has 1 fully saturated rings. The Kier molecular flexibility index (Phi) is 6.97. The van der Waals surface area contributed by atoms with E-state index in [-0.39, 0.29) is 35.0 Å². The van der Waals surface area contributed by atoms with E-state index in [0.717, 1.165) is 12.1 Å². The molecule has 2 aromatic heterocycles. The molecule has 1 aliphatic rings. The van der Waals surface area contributed by atoms with Crippen LogP contribution in [-0.2, 0) is 6.18 Å². The van der Waals surface area contributed by atoms with E-state index >= 15 is 0 Å². The molecule has 0 saturated carbocycles. The largest absolute Gasteiger partial charge is 0.493 e. The third-order valence-electron chi connectivity index (χ3n) is 6.51. The van der Waals surface area contributed by atoms with Crippen molar-refractivity contribution in [2.75, 3.05) is 44.5 Å². The number of nitro groups is 1. The lowest BCUT2D eigenvalue weighted by Crippen LogP contribution is -2.47. The van der Waals surface area contributed by atoms with Gasteiger partial charge in [-0.2, -0.15) is 23.1 Å². The molecule has 0 bridgehead atoms. The lowest BCUT2D eigenvalue weighted by molar-refractivity contribution is -0.386. The fourth-order valence-electron chi connectivity index (χ4n) is 4.64. The molecule has 3 heterocycles. The Morgan fingerprint density at radius 1 is 1.10 bits per heavy atom. The zero-order chi connectivity index (χ0) is 28.6. The molecule has 208 valence electrons. The van der Waals surface area contributed by atoms with Gasteiger partial charge in [-0.15, -0.1) is 0 Å². The molecule has 0 amide bonds. The van der Waals surface area contributed by atoms with Crippen LogP contribution in [0.2, 0.25) is 0 Å². The number of hydrogen-bond donors (Lipinski definition) is 2. The van der Waals surface area contributed by atoms with Gasteiger partial charge in [0, 0.05) is 31.3 Å². The topological polar surface area (TPSA) is 154 Å². The molecule has 0 aliphatic carbocycles. The van der Waals surface area contributed by atoms with Crippen molar-refractivity contribution < 1.29 is 27.6 Å². The Hall–Kier alpha value is -4.79. The van der Waals surface area contributed by atoms with E-state index in [1.54, 1.807) is 23.1 Å². The van der Waals surface area contributed by atoms with Gasteiger partial charge < -0.3 is 25.4 Å². The number of ether oxygens (including phenoxy) is 2. The van der Waals surface area contributed by atoms with Crippen LogP contribution in [-0.4, -0.2) is 58.7 Å². The lowest BCUT2D eigenvalue weighted by atomic mass is 9.99. The first-order valence-corrected chi connectivity index (χ1v) is 12.0. The number of nitrogens with one attached hydrogen (secondary N) is 1. The quantitative estimate of drug-likeness (QED) is 0.263. The summed E-state index contributed by atoms with van der Waals surface area (Å²) in [5.74, 6) is 1.15. The number of nitrogen functional groups attached to an aromatic ring is 1. The molecule has 4 aromatic rings. The Bertz CT molecular complexity index is 1600. The van der Waals surface area contributed by atoms with E-state index in [4.69, 9.17) is 20.2 Å². The van der Waals surface area contributed by atoms with Crippen LogP contribution in [0.1, 0.15) is 17.2 Å². The summed E-state index contributed by atoms with van der Waals surface area (Å²) in [6.45, 7) is 0.968. The third kappa shape index (κ3) is 4.98. The Balaban J connectivity index is 1.65. The van der Waals surface area contributed by atoms with Gasteiger partial charge in [0.2, 0.25) is 5.95 Å². The lowest BCUT2D eigenvalue weighted by Gasteiger charge is -2.37. The smallest absolute Gasteiger partial charge is 0.416 e. The summed E-state index contributed by atoms with van der Waals surface area (Å²) in [6.07, 6.45) is -3.23. The number of benzene rings is 2. The van der Waals surface area contributed by atoms with Crippen LogP contribution in [0.3, 0.4) is 0 Å². The van der Waals surface area contributed by atoms with Crippen LogP contribution in [0, 0.1) is 10.1 Å². The van der Waals surface area contributed by atoms with Crippen LogP contribution in [0.25, 0.3) is 22.4 Å². The monoisotopic (exact) mass is 556 g/mol. The van der Waals surface area contributed by atoms with Gasteiger partial charge in [0.05, 0.1) is 48.2 Å². The Labute approximate surface area is 225 Å². The molecule has 15 heteroatoms. The highest BCUT2D eigenvalue weighted by Gasteiger charge is 2.37. The van der Waals surface area contributed by atoms with E-state index in [2.05, 4.69) is 20.3 Å². The predicted octanol–water partition coefficient (Wildman–Crippen LogP) is 3.76. The zero-order valence-electron chi connectivity index (χ0n) is 21.3. The number of anilines is 2. The van der Waals surface area contributed by atoms with Crippen LogP contribution in [0.5, 0.6) is 11.5 Å². The number of hydrogen-bond acceptors (Lipinski definition) is 11. The van der Waals surface area contributed by atoms with Crippen LogP contribution in [0.15, 0.2) is 42.6 Å². The number of nitro benzene ring substituents is 1. The first kappa shape index (κ1) is 26.8. The van der Waals surface area contributed by atoms with Crippen molar-refractivity contribution in [1.82, 2.24) is 25.3 Å². The highest BCUT2D eigenvalue weighted by Crippen LogP contribution is 2.39. The maximum atomic E-state index is 13.3. The minimum Gasteiger partial charge on any atom is -0.493 e. The maximum Gasteiger partial charge on any atom is 0.416 e. The van der Waals surface area contributed by atoms with Crippen molar-refractivity contribution in [3.05, 3.63) is 63.8 Å². The third-order valence-corrected chi connectivity index (χ3v) is 6.51. The number of nitrogens with two attached hydrogens (primary N) is 1. The minimum absolute atomic E-state index is 0.0829. The fourth-order valence-corrected chi connectivity index (χ4v) is 4.64. The average molecular weight is 557 g/mol. The number of halogens is 3. The number of methoxy groups -OCH3 is 2. The second kappa shape index (κ2) is 10.4. The highest BCUT2D eigenvalue weighted by molar-refractivity contribution is 5.86. The fraction of sp³-hybridized carbons (Fsp3) is 0.280. The van der Waals surface area contributed by atoms with Crippen LogP contribution in [0.4, 0.5) is 30.6 Å². The standard InChI is InChI=1S/C25H23F3N8O4/c1-39-19-6-3-13(9-20(19)40-2)16-11-31-22-21(32-16)23(34-24(29)33-22)35-8-7-30-12-18(35)15-5-4-14(25(26,27)28)10-17(15)36(37)38/h3-6,9-11,18,30H,7-8,12H2,1-2H3,(H2,29,31,33,34). The molecule has 3 N–H and O–H groups in total. The maximum absolute atomic E-state index is 13.3. The van der Waals surface area contributed by atoms with Crippen molar-refractivity contribution >= 4 is 28.6 Å². The van der Waals surface area contributed by atoms with Gasteiger partial charge in [0.1, 0.15) is 0 Å². The second-order valence-corrected chi connectivity index (χ2v) is 8.84. The molecule has 1 aliphatic heterocycles. The summed E-state index contributed by atoms with van der Waals surface area (Å²) < 4.78 is 50.7. The van der Waals surface area contributed by atoms with E-state index in [0.29, 0.717) is 41.9 Å². The van der Waals surface area contributed by atoms with E-state index < -0.39 is 28.4 Å². The summed E-state index contributed by atoms with van der Waals surface area (Å²) in [5, 5.41) is 15.0. The average Bonchev–Trinajstić information content (AvgIpc) is 2.95. The Morgan fingerprint density at radius 2 is 1.88 bits per heavy atom. The van der Waals surface area contributed by atoms with Crippen molar-refractivity contribution in [1.29, 1.82) is 0 Å². The number of rotatable bonds is 6. The molecular formula is C25H23F3N8O4. The number of fused-ring (bicyclic) bond motifs is 1. The molecule has 40 heavy (non-hydrogen) atoms. The van der Waals surface area contributed by atoms with Crippen molar-refractivity contribution in [2.45, 2.75) is 12.2 Å². The van der Waals surface area contributed by atoms with Gasteiger partial charge in [-0.1, -0.05) is 0 Å². The van der Waals surface area contributed by atoms with Gasteiger partial charge in [0.15, 0.2) is 28.5 Å². The first-order valence-electron chi connectivity index (χ1n) is 12.0. The minimum atomic E-state index is -4.73. The molecular weight excluding hydrogens is 533 g/mol. The van der Waals surface area contributed by atoms with E-state index in [1.807, 2.05) is 0 Å². The number of aromatic nitrogens is 4. The second-order valence-electron chi connectivity index (χ2n) is 8.84. The van der Waals surface area contributed by atoms with Crippen molar-refractivity contribution in [3.63, 3.8) is 0 Å². The molecule has 12 nitrogen and oxygen atoms in total. The molecule has 5 rings (SSSR count). The predicted molar refractivity (Wildman–Crippen MR) is 139 cm³/mol. The zero-order valence-corrected chi connectivity index (χ0v) is 21.3. The van der Waals surface area contributed by atoms with Crippen molar-refractivity contribution in [3.8, 4) is 22.8 Å². The van der Waals surface area contributed by atoms with Gasteiger partial charge in [0.25, 0.3) is 5.69 Å². The SMILES string of the molecule is COc1ccc(-c2cnc3nc(N)nc(N4CCNCC4c4ccc(C(F)(F)F)cc4[N+](=O)[O-])c3n2)cc1OC. The highest BCUT2D eigenvalue weighted by atomic mass is 19.4. The summed E-state index contributed by atoms with van der Waals surface area (Å²) in [5.41, 5.74) is 5.87. The summed E-state index contributed by atoms with van der Waals surface area (Å²) in [6, 6.07) is 6.95. The van der Waals surface area contributed by atoms with Crippen LogP contribution < -0.4 is 25.4 Å². The summed E-state index contributed by atoms with van der Waals surface area (Å²) in [4.78, 5) is 30.5. The number of piperazine rings is 1. The van der Waals surface area contributed by atoms with Gasteiger partial charge in [-0.3, -0.25) is 10.1 Å². The normalized spacial score (nSPS) is 15.7. The number of alkyl halides is 3. The molecule has 2 aromatic carbocycles. The van der Waals surface area contributed by atoms with E-state index in [9.17, 15) is 23.3 Å². The first-order chi connectivity index (χ1) is 19.1. The van der Waals surface area contributed by atoms with E-state index in [1.165, 1.54) is 20.4 Å². The van der Waals surface area contributed by atoms with Crippen LogP contribution >= 0.6 is 0 Å².